The summed E-state index contributed by atoms with van der Waals surface area (Å²) in [5.74, 6) is -1.96. The Morgan fingerprint density at radius 1 is 1.35 bits per heavy atom. The largest absolute Gasteiger partial charge is 0.478 e. The number of anilines is 1. The van der Waals surface area contributed by atoms with E-state index in [4.69, 9.17) is 10.5 Å². The fourth-order valence-corrected chi connectivity index (χ4v) is 3.25. The molecule has 2 atom stereocenters. The van der Waals surface area contributed by atoms with Gasteiger partial charge in [0.25, 0.3) is 0 Å². The molecule has 0 spiro atoms. The van der Waals surface area contributed by atoms with Gasteiger partial charge < -0.3 is 20.9 Å². The number of carboxylic acids is 1. The zero-order chi connectivity index (χ0) is 14.9. The summed E-state index contributed by atoms with van der Waals surface area (Å²) in [4.78, 5) is 23.4. The highest BCUT2D eigenvalue weighted by Crippen LogP contribution is 2.31. The van der Waals surface area contributed by atoms with Gasteiger partial charge in [0.2, 0.25) is 5.91 Å². The van der Waals surface area contributed by atoms with E-state index in [1.807, 2.05) is 0 Å². The summed E-state index contributed by atoms with van der Waals surface area (Å²) in [6.45, 7) is 0.564. The second kappa shape index (κ2) is 6.21. The molecule has 1 aliphatic rings. The van der Waals surface area contributed by atoms with Crippen molar-refractivity contribution in [3.8, 4) is 0 Å². The van der Waals surface area contributed by atoms with Gasteiger partial charge in [-0.15, -0.1) is 0 Å². The van der Waals surface area contributed by atoms with Crippen LogP contribution in [0.1, 0.15) is 10.4 Å². The zero-order valence-electron chi connectivity index (χ0n) is 10.2. The van der Waals surface area contributed by atoms with Gasteiger partial charge in [-0.3, -0.25) is 4.79 Å². The van der Waals surface area contributed by atoms with Crippen molar-refractivity contribution >= 4 is 49.4 Å². The highest BCUT2D eigenvalue weighted by Gasteiger charge is 2.32. The molecule has 6 nitrogen and oxygen atoms in total. The van der Waals surface area contributed by atoms with Crippen LogP contribution in [0, 0.1) is 5.92 Å². The van der Waals surface area contributed by atoms with Gasteiger partial charge in [-0.05, 0) is 28.1 Å². The molecule has 1 aromatic carbocycles. The van der Waals surface area contributed by atoms with Gasteiger partial charge >= 0.3 is 5.97 Å². The highest BCUT2D eigenvalue weighted by atomic mass is 79.9. The summed E-state index contributed by atoms with van der Waals surface area (Å²) in [5.41, 5.74) is 5.98. The number of carboxylic acid groups (broad SMARTS) is 1. The minimum Gasteiger partial charge on any atom is -0.478 e. The second-order valence-corrected chi connectivity index (χ2v) is 6.18. The molecule has 1 aliphatic heterocycles. The third-order valence-corrected chi connectivity index (χ3v) is 4.08. The molecule has 1 fully saturated rings. The first kappa shape index (κ1) is 15.4. The van der Waals surface area contributed by atoms with Crippen molar-refractivity contribution < 1.29 is 19.4 Å². The standard InChI is InChI=1S/C12H12Br2N2O4/c13-5-1-6(12(18)19)10(8(14)2-5)16-11(17)7-3-20-4-9(7)15/h1-2,7,9H,3-4,15H2,(H,16,17)(H,18,19). The molecule has 20 heavy (non-hydrogen) atoms. The lowest BCUT2D eigenvalue weighted by atomic mass is 10.0. The molecule has 1 heterocycles. The van der Waals surface area contributed by atoms with Crippen LogP contribution in [0.25, 0.3) is 0 Å². The van der Waals surface area contributed by atoms with E-state index in [0.717, 1.165) is 0 Å². The highest BCUT2D eigenvalue weighted by molar-refractivity contribution is 9.11. The minimum absolute atomic E-state index is 0.00733. The number of carbonyl (C=O) groups excluding carboxylic acids is 1. The monoisotopic (exact) mass is 406 g/mol. The van der Waals surface area contributed by atoms with E-state index in [1.165, 1.54) is 6.07 Å². The number of aromatic carboxylic acids is 1. The fourth-order valence-electron chi connectivity index (χ4n) is 1.93. The van der Waals surface area contributed by atoms with Gasteiger partial charge in [0.05, 0.1) is 30.4 Å². The van der Waals surface area contributed by atoms with Crippen molar-refractivity contribution in [1.82, 2.24) is 0 Å². The number of nitrogens with one attached hydrogen (secondary N) is 1. The second-order valence-electron chi connectivity index (χ2n) is 4.41. The first-order chi connectivity index (χ1) is 9.40. The summed E-state index contributed by atoms with van der Waals surface area (Å²) in [6, 6.07) is 2.71. The lowest BCUT2D eigenvalue weighted by Crippen LogP contribution is -2.37. The number of rotatable bonds is 3. The third kappa shape index (κ3) is 3.20. The van der Waals surface area contributed by atoms with Gasteiger partial charge in [-0.25, -0.2) is 4.79 Å². The maximum atomic E-state index is 12.1. The average molecular weight is 408 g/mol. The molecule has 2 unspecified atom stereocenters. The van der Waals surface area contributed by atoms with Crippen molar-refractivity contribution in [1.29, 1.82) is 0 Å². The molecule has 0 radical (unpaired) electrons. The molecule has 108 valence electrons. The molecule has 2 rings (SSSR count). The van der Waals surface area contributed by atoms with E-state index in [9.17, 15) is 14.7 Å². The van der Waals surface area contributed by atoms with E-state index < -0.39 is 11.9 Å². The van der Waals surface area contributed by atoms with Gasteiger partial charge in [-0.2, -0.15) is 0 Å². The van der Waals surface area contributed by atoms with E-state index >= 15 is 0 Å². The molecule has 0 aromatic heterocycles. The van der Waals surface area contributed by atoms with Gasteiger partial charge in [0.15, 0.2) is 0 Å². The molecule has 4 N–H and O–H groups in total. The lowest BCUT2D eigenvalue weighted by Gasteiger charge is -2.16. The number of hydrogen-bond donors (Lipinski definition) is 3. The first-order valence-electron chi connectivity index (χ1n) is 5.76. The molecule has 1 aromatic rings. The Labute approximate surface area is 131 Å². The summed E-state index contributed by atoms with van der Waals surface area (Å²) < 4.78 is 6.21. The van der Waals surface area contributed by atoms with Gasteiger partial charge in [0.1, 0.15) is 0 Å². The van der Waals surface area contributed by atoms with Crippen molar-refractivity contribution in [3.05, 3.63) is 26.6 Å². The Bertz CT molecular complexity index is 565. The van der Waals surface area contributed by atoms with E-state index in [2.05, 4.69) is 37.2 Å². The number of benzene rings is 1. The molecule has 1 saturated heterocycles. The average Bonchev–Trinajstić information content (AvgIpc) is 2.78. The molecule has 8 heteroatoms. The van der Waals surface area contributed by atoms with Crippen molar-refractivity contribution in [3.63, 3.8) is 0 Å². The summed E-state index contributed by atoms with van der Waals surface area (Å²) in [5, 5.41) is 11.8. The van der Waals surface area contributed by atoms with Crippen LogP contribution in [0.2, 0.25) is 0 Å². The van der Waals surface area contributed by atoms with Crippen LogP contribution >= 0.6 is 31.9 Å². The Balaban J connectivity index is 2.29. The molecular weight excluding hydrogens is 396 g/mol. The number of nitrogens with two attached hydrogens (primary N) is 1. The minimum atomic E-state index is -1.13. The molecular formula is C12H12Br2N2O4. The smallest absolute Gasteiger partial charge is 0.337 e. The van der Waals surface area contributed by atoms with Crippen LogP contribution in [-0.4, -0.2) is 36.2 Å². The lowest BCUT2D eigenvalue weighted by molar-refractivity contribution is -0.120. The Hall–Kier alpha value is -0.960. The Kier molecular flexibility index (Phi) is 4.79. The van der Waals surface area contributed by atoms with Crippen LogP contribution in [0.5, 0.6) is 0 Å². The van der Waals surface area contributed by atoms with E-state index in [0.29, 0.717) is 15.6 Å². The third-order valence-electron chi connectivity index (χ3n) is 2.99. The van der Waals surface area contributed by atoms with Crippen LogP contribution in [0.4, 0.5) is 5.69 Å². The van der Waals surface area contributed by atoms with Crippen LogP contribution in [0.15, 0.2) is 21.1 Å². The number of ether oxygens (including phenoxy) is 1. The van der Waals surface area contributed by atoms with Crippen molar-refractivity contribution in [2.24, 2.45) is 11.7 Å². The maximum absolute atomic E-state index is 12.1. The fraction of sp³-hybridized carbons (Fsp3) is 0.333. The molecule has 0 saturated carbocycles. The quantitative estimate of drug-likeness (QED) is 0.709. The van der Waals surface area contributed by atoms with Crippen molar-refractivity contribution in [2.45, 2.75) is 6.04 Å². The Morgan fingerprint density at radius 3 is 2.60 bits per heavy atom. The first-order valence-corrected chi connectivity index (χ1v) is 7.35. The van der Waals surface area contributed by atoms with Gasteiger partial charge in [0, 0.05) is 15.0 Å². The van der Waals surface area contributed by atoms with Crippen LogP contribution in [0.3, 0.4) is 0 Å². The van der Waals surface area contributed by atoms with Crippen LogP contribution in [-0.2, 0) is 9.53 Å². The predicted octanol–water partition coefficient (Wildman–Crippen LogP) is 1.82. The van der Waals surface area contributed by atoms with Crippen LogP contribution < -0.4 is 11.1 Å². The van der Waals surface area contributed by atoms with E-state index in [1.54, 1.807) is 6.07 Å². The van der Waals surface area contributed by atoms with E-state index in [-0.39, 0.29) is 29.8 Å². The number of carbonyl (C=O) groups is 2. The topological polar surface area (TPSA) is 102 Å². The number of halogens is 2. The molecule has 0 bridgehead atoms. The Morgan fingerprint density at radius 2 is 2.05 bits per heavy atom. The summed E-state index contributed by atoms with van der Waals surface area (Å²) in [7, 11) is 0. The van der Waals surface area contributed by atoms with Crippen molar-refractivity contribution in [2.75, 3.05) is 18.5 Å². The summed E-state index contributed by atoms with van der Waals surface area (Å²) >= 11 is 6.46. The SMILES string of the molecule is NC1COCC1C(=O)Nc1c(Br)cc(Br)cc1C(=O)O. The predicted molar refractivity (Wildman–Crippen MR) is 79.7 cm³/mol. The normalized spacial score (nSPS) is 21.8. The number of amides is 1. The molecule has 1 amide bonds. The molecule has 0 aliphatic carbocycles. The van der Waals surface area contributed by atoms with Gasteiger partial charge in [-0.1, -0.05) is 15.9 Å². The maximum Gasteiger partial charge on any atom is 0.337 e. The zero-order valence-corrected chi connectivity index (χ0v) is 13.4. The summed E-state index contributed by atoms with van der Waals surface area (Å²) in [6.07, 6.45) is 0. The number of hydrogen-bond acceptors (Lipinski definition) is 4.